The van der Waals surface area contributed by atoms with Crippen molar-refractivity contribution in [2.45, 2.75) is 6.54 Å². The predicted molar refractivity (Wildman–Crippen MR) is 82.6 cm³/mol. The Morgan fingerprint density at radius 3 is 2.61 bits per heavy atom. The van der Waals surface area contributed by atoms with Gasteiger partial charge in [0.15, 0.2) is 0 Å². The molecule has 1 N–H and O–H groups in total. The number of ether oxygens (including phenoxy) is 1. The molecule has 0 saturated heterocycles. The largest absolute Gasteiger partial charge is 0.478 e. The van der Waals surface area contributed by atoms with Gasteiger partial charge >= 0.3 is 11.7 Å². The molecule has 1 aliphatic heterocycles. The Kier molecular flexibility index (Phi) is 3.61. The van der Waals surface area contributed by atoms with Crippen LogP contribution in [-0.4, -0.2) is 26.8 Å². The van der Waals surface area contributed by atoms with E-state index in [-0.39, 0.29) is 30.2 Å². The molecule has 2 heterocycles. The van der Waals surface area contributed by atoms with Gasteiger partial charge in [-0.1, -0.05) is 30.3 Å². The molecule has 0 amide bonds. The van der Waals surface area contributed by atoms with Gasteiger partial charge in [0.25, 0.3) is 5.56 Å². The molecule has 0 unspecified atom stereocenters. The molecular weight excluding hydrogens is 300 g/mol. The maximum absolute atomic E-state index is 12.6. The molecule has 1 aromatic carbocycles. The summed E-state index contributed by atoms with van der Waals surface area (Å²) in [5.41, 5.74) is -0.229. The van der Waals surface area contributed by atoms with Gasteiger partial charge in [0.05, 0.1) is 12.1 Å². The van der Waals surface area contributed by atoms with Gasteiger partial charge in [0.2, 0.25) is 5.88 Å². The van der Waals surface area contributed by atoms with E-state index in [2.05, 4.69) is 0 Å². The molecular formula is C16H14N2O5. The summed E-state index contributed by atoms with van der Waals surface area (Å²) < 4.78 is 7.58. The first-order valence-electron chi connectivity index (χ1n) is 6.93. The van der Waals surface area contributed by atoms with Gasteiger partial charge in [-0.15, -0.1) is 0 Å². The number of benzene rings is 1. The number of carboxylic acid groups (broad SMARTS) is 1. The minimum atomic E-state index is -1.15. The summed E-state index contributed by atoms with van der Waals surface area (Å²) >= 11 is 0. The van der Waals surface area contributed by atoms with Gasteiger partial charge in [-0.25, -0.2) is 9.59 Å². The molecule has 0 radical (unpaired) electrons. The van der Waals surface area contributed by atoms with Crippen molar-refractivity contribution in [3.63, 3.8) is 0 Å². The van der Waals surface area contributed by atoms with E-state index in [1.54, 1.807) is 12.1 Å². The topological polar surface area (TPSA) is 90.5 Å². The smallest absolute Gasteiger partial charge is 0.335 e. The third kappa shape index (κ3) is 2.57. The summed E-state index contributed by atoms with van der Waals surface area (Å²) in [6, 6.07) is 9.08. The lowest BCUT2D eigenvalue weighted by molar-refractivity contribution is -0.133. The zero-order chi connectivity index (χ0) is 16.6. The fourth-order valence-corrected chi connectivity index (χ4v) is 2.46. The number of rotatable bonds is 3. The van der Waals surface area contributed by atoms with Crippen LogP contribution in [0.1, 0.15) is 11.1 Å². The maximum Gasteiger partial charge on any atom is 0.335 e. The lowest BCUT2D eigenvalue weighted by Crippen LogP contribution is -2.42. The summed E-state index contributed by atoms with van der Waals surface area (Å²) in [7, 11) is 1.49. The van der Waals surface area contributed by atoms with Crippen LogP contribution in [0.25, 0.3) is 6.08 Å². The minimum Gasteiger partial charge on any atom is -0.478 e. The van der Waals surface area contributed by atoms with Crippen LogP contribution in [0.15, 0.2) is 45.5 Å². The zero-order valence-electron chi connectivity index (χ0n) is 12.4. The highest BCUT2D eigenvalue weighted by Crippen LogP contribution is 2.21. The van der Waals surface area contributed by atoms with Gasteiger partial charge < -0.3 is 9.84 Å². The normalized spacial score (nSPS) is 13.0. The average Bonchev–Trinajstić information content (AvgIpc) is 2.57. The molecule has 1 aromatic heterocycles. The predicted octanol–water partition coefficient (Wildman–Crippen LogP) is 0.456. The van der Waals surface area contributed by atoms with Crippen molar-refractivity contribution in [2.24, 2.45) is 7.05 Å². The fourth-order valence-electron chi connectivity index (χ4n) is 2.46. The molecule has 7 nitrogen and oxygen atoms in total. The SMILES string of the molecule is Cn1c2c(c(=O)n(Cc3ccccc3)c1=O)C=C(C(=O)O)CO2. The molecule has 0 fully saturated rings. The lowest BCUT2D eigenvalue weighted by atomic mass is 10.1. The van der Waals surface area contributed by atoms with E-state index in [4.69, 9.17) is 9.84 Å². The Bertz CT molecular complexity index is 922. The molecule has 23 heavy (non-hydrogen) atoms. The van der Waals surface area contributed by atoms with Gasteiger partial charge in [0, 0.05) is 7.05 Å². The van der Waals surface area contributed by atoms with Gasteiger partial charge in [-0.3, -0.25) is 13.9 Å². The number of hydrogen-bond acceptors (Lipinski definition) is 4. The van der Waals surface area contributed by atoms with E-state index >= 15 is 0 Å². The number of nitrogens with zero attached hydrogens (tertiary/aromatic N) is 2. The highest BCUT2D eigenvalue weighted by atomic mass is 16.5. The van der Waals surface area contributed by atoms with E-state index in [0.29, 0.717) is 0 Å². The van der Waals surface area contributed by atoms with E-state index in [0.717, 1.165) is 10.1 Å². The summed E-state index contributed by atoms with van der Waals surface area (Å²) in [4.78, 5) is 36.1. The van der Waals surface area contributed by atoms with Crippen LogP contribution in [0, 0.1) is 0 Å². The van der Waals surface area contributed by atoms with Crippen molar-refractivity contribution in [3.05, 3.63) is 67.9 Å². The highest BCUT2D eigenvalue weighted by molar-refractivity contribution is 5.93. The Labute approximate surface area is 130 Å². The number of carboxylic acids is 1. The van der Waals surface area contributed by atoms with Crippen LogP contribution >= 0.6 is 0 Å². The summed E-state index contributed by atoms with van der Waals surface area (Å²) in [5, 5.41) is 9.06. The second-order valence-electron chi connectivity index (χ2n) is 5.20. The Hall–Kier alpha value is -3.09. The average molecular weight is 314 g/mol. The first-order chi connectivity index (χ1) is 11.0. The first-order valence-corrected chi connectivity index (χ1v) is 6.93. The minimum absolute atomic E-state index is 0.0282. The molecule has 7 heteroatoms. The van der Waals surface area contributed by atoms with Crippen LogP contribution in [0.5, 0.6) is 5.88 Å². The van der Waals surface area contributed by atoms with E-state index in [1.165, 1.54) is 17.7 Å². The number of aliphatic carboxylic acids is 1. The fraction of sp³-hybridized carbons (Fsp3) is 0.188. The third-order valence-electron chi connectivity index (χ3n) is 3.67. The Balaban J connectivity index is 2.19. The number of carbonyl (C=O) groups is 1. The standard InChI is InChI=1S/C16H14N2O5/c1-17-14-12(7-11(9-23-14)15(20)21)13(19)18(16(17)22)8-10-5-3-2-4-6-10/h2-7H,8-9H2,1H3,(H,20,21). The zero-order valence-corrected chi connectivity index (χ0v) is 12.4. The van der Waals surface area contributed by atoms with Crippen molar-refractivity contribution in [3.8, 4) is 5.88 Å². The van der Waals surface area contributed by atoms with Crippen LogP contribution < -0.4 is 16.0 Å². The van der Waals surface area contributed by atoms with E-state index in [9.17, 15) is 14.4 Å². The summed E-state index contributed by atoms with van der Waals surface area (Å²) in [5.74, 6) is -1.06. The van der Waals surface area contributed by atoms with Crippen molar-refractivity contribution in [1.82, 2.24) is 9.13 Å². The van der Waals surface area contributed by atoms with Crippen LogP contribution in [0.3, 0.4) is 0 Å². The molecule has 2 aromatic rings. The second kappa shape index (κ2) is 5.60. The third-order valence-corrected chi connectivity index (χ3v) is 3.67. The first kappa shape index (κ1) is 14.8. The van der Waals surface area contributed by atoms with Crippen molar-refractivity contribution in [1.29, 1.82) is 0 Å². The molecule has 0 spiro atoms. The van der Waals surface area contributed by atoms with Crippen LogP contribution in [0.4, 0.5) is 0 Å². The Morgan fingerprint density at radius 1 is 1.26 bits per heavy atom. The van der Waals surface area contributed by atoms with Gasteiger partial charge in [-0.2, -0.15) is 0 Å². The van der Waals surface area contributed by atoms with Crippen molar-refractivity contribution < 1.29 is 14.6 Å². The van der Waals surface area contributed by atoms with E-state index in [1.807, 2.05) is 18.2 Å². The van der Waals surface area contributed by atoms with Crippen LogP contribution in [-0.2, 0) is 18.4 Å². The molecule has 0 atom stereocenters. The maximum atomic E-state index is 12.6. The van der Waals surface area contributed by atoms with Crippen molar-refractivity contribution >= 4 is 12.0 Å². The molecule has 0 saturated carbocycles. The van der Waals surface area contributed by atoms with Crippen molar-refractivity contribution in [2.75, 3.05) is 6.61 Å². The van der Waals surface area contributed by atoms with E-state index < -0.39 is 17.2 Å². The lowest BCUT2D eigenvalue weighted by Gasteiger charge is -2.19. The monoisotopic (exact) mass is 314 g/mol. The van der Waals surface area contributed by atoms with Crippen LogP contribution in [0.2, 0.25) is 0 Å². The van der Waals surface area contributed by atoms with Gasteiger partial charge in [0.1, 0.15) is 12.2 Å². The molecule has 118 valence electrons. The molecule has 0 aliphatic carbocycles. The molecule has 1 aliphatic rings. The molecule has 3 rings (SSSR count). The molecule has 0 bridgehead atoms. The quantitative estimate of drug-likeness (QED) is 0.888. The highest BCUT2D eigenvalue weighted by Gasteiger charge is 2.24. The number of fused-ring (bicyclic) bond motifs is 1. The Morgan fingerprint density at radius 2 is 1.96 bits per heavy atom. The number of aromatic nitrogens is 2. The van der Waals surface area contributed by atoms with Gasteiger partial charge in [-0.05, 0) is 11.6 Å². The summed E-state index contributed by atoms with van der Waals surface area (Å²) in [6.07, 6.45) is 1.27. The second-order valence-corrected chi connectivity index (χ2v) is 5.20. The summed E-state index contributed by atoms with van der Waals surface area (Å²) in [6.45, 7) is -0.0758. The number of hydrogen-bond donors (Lipinski definition) is 1.